The number of carboxylic acid groups (broad SMARTS) is 1. The monoisotopic (exact) mass is 317 g/mol. The van der Waals surface area contributed by atoms with Crippen LogP contribution in [-0.2, 0) is 4.79 Å². The van der Waals surface area contributed by atoms with Crippen molar-refractivity contribution in [3.05, 3.63) is 45.9 Å². The molecular weight excluding hydrogens is 302 g/mol. The van der Waals surface area contributed by atoms with Crippen LogP contribution in [0.5, 0.6) is 11.5 Å². The molecule has 0 spiro atoms. The van der Waals surface area contributed by atoms with E-state index in [0.717, 1.165) is 21.5 Å². The molecule has 0 bridgehead atoms. The first-order valence-electron chi connectivity index (χ1n) is 6.39. The standard InChI is InChI=1S/C16H15NO4S/c1-20-13-6-3-11(9-14(13)21-2)4-7-15-17-10-12(22-15)5-8-16(18)19/h3-10H,1-2H3,(H,18,19)/b7-4-,8-5+. The fourth-order valence-electron chi connectivity index (χ4n) is 1.73. The lowest BCUT2D eigenvalue weighted by Crippen LogP contribution is -1.90. The Morgan fingerprint density at radius 3 is 2.64 bits per heavy atom. The average molecular weight is 317 g/mol. The van der Waals surface area contributed by atoms with Crippen LogP contribution in [0, 0.1) is 0 Å². The summed E-state index contributed by atoms with van der Waals surface area (Å²) in [6, 6.07) is 5.62. The number of benzene rings is 1. The molecule has 2 aromatic rings. The van der Waals surface area contributed by atoms with Gasteiger partial charge in [-0.25, -0.2) is 9.78 Å². The molecule has 1 N–H and O–H groups in total. The van der Waals surface area contributed by atoms with Crippen LogP contribution in [-0.4, -0.2) is 30.3 Å². The first-order valence-corrected chi connectivity index (χ1v) is 7.21. The maximum atomic E-state index is 10.5. The van der Waals surface area contributed by atoms with E-state index < -0.39 is 5.97 Å². The maximum Gasteiger partial charge on any atom is 0.328 e. The van der Waals surface area contributed by atoms with E-state index in [1.807, 2.05) is 30.4 Å². The van der Waals surface area contributed by atoms with E-state index >= 15 is 0 Å². The Morgan fingerprint density at radius 2 is 1.95 bits per heavy atom. The summed E-state index contributed by atoms with van der Waals surface area (Å²) in [5.41, 5.74) is 0.954. The Balaban J connectivity index is 2.13. The highest BCUT2D eigenvalue weighted by molar-refractivity contribution is 7.13. The number of carbonyl (C=O) groups is 1. The van der Waals surface area contributed by atoms with E-state index in [0.29, 0.717) is 11.5 Å². The first-order chi connectivity index (χ1) is 10.6. The lowest BCUT2D eigenvalue weighted by molar-refractivity contribution is -0.131. The van der Waals surface area contributed by atoms with Crippen molar-refractivity contribution in [1.29, 1.82) is 0 Å². The number of aliphatic carboxylic acids is 1. The lowest BCUT2D eigenvalue weighted by Gasteiger charge is -2.07. The van der Waals surface area contributed by atoms with Gasteiger partial charge in [-0.15, -0.1) is 11.3 Å². The minimum absolute atomic E-state index is 0.661. The molecule has 22 heavy (non-hydrogen) atoms. The second kappa shape index (κ2) is 7.42. The molecule has 0 radical (unpaired) electrons. The molecule has 6 heteroatoms. The molecule has 0 unspecified atom stereocenters. The molecule has 114 valence electrons. The molecule has 1 heterocycles. The smallest absolute Gasteiger partial charge is 0.328 e. The highest BCUT2D eigenvalue weighted by Crippen LogP contribution is 2.28. The fraction of sp³-hybridized carbons (Fsp3) is 0.125. The topological polar surface area (TPSA) is 68.7 Å². The van der Waals surface area contributed by atoms with Gasteiger partial charge in [0.25, 0.3) is 0 Å². The van der Waals surface area contributed by atoms with Crippen LogP contribution < -0.4 is 9.47 Å². The third-order valence-corrected chi connectivity index (χ3v) is 3.69. The number of methoxy groups -OCH3 is 2. The van der Waals surface area contributed by atoms with Gasteiger partial charge >= 0.3 is 5.97 Å². The number of hydrogen-bond donors (Lipinski definition) is 1. The van der Waals surface area contributed by atoms with Crippen molar-refractivity contribution < 1.29 is 19.4 Å². The Bertz CT molecular complexity index is 719. The highest BCUT2D eigenvalue weighted by Gasteiger charge is 2.03. The SMILES string of the molecule is COc1ccc(/C=C\c2ncc(/C=C/C(=O)O)s2)cc1OC. The maximum absolute atomic E-state index is 10.5. The molecular formula is C16H15NO4S. The summed E-state index contributed by atoms with van der Waals surface area (Å²) in [7, 11) is 3.18. The normalized spacial score (nSPS) is 11.2. The van der Waals surface area contributed by atoms with Crippen molar-refractivity contribution in [3.8, 4) is 11.5 Å². The molecule has 0 saturated carbocycles. The zero-order chi connectivity index (χ0) is 15.9. The van der Waals surface area contributed by atoms with Gasteiger partial charge in [-0.1, -0.05) is 12.1 Å². The minimum Gasteiger partial charge on any atom is -0.493 e. The van der Waals surface area contributed by atoms with E-state index in [1.165, 1.54) is 17.4 Å². The van der Waals surface area contributed by atoms with Crippen molar-refractivity contribution in [2.75, 3.05) is 14.2 Å². The van der Waals surface area contributed by atoms with E-state index in [4.69, 9.17) is 14.6 Å². The second-order valence-electron chi connectivity index (χ2n) is 4.22. The molecule has 0 aliphatic carbocycles. The Hall–Kier alpha value is -2.60. The van der Waals surface area contributed by atoms with Gasteiger partial charge in [-0.3, -0.25) is 0 Å². The summed E-state index contributed by atoms with van der Waals surface area (Å²) in [6.45, 7) is 0. The molecule has 1 aromatic heterocycles. The molecule has 0 atom stereocenters. The summed E-state index contributed by atoms with van der Waals surface area (Å²) < 4.78 is 10.4. The Morgan fingerprint density at radius 1 is 1.18 bits per heavy atom. The minimum atomic E-state index is -0.976. The van der Waals surface area contributed by atoms with Crippen LogP contribution in [0.2, 0.25) is 0 Å². The summed E-state index contributed by atoms with van der Waals surface area (Å²) in [6.07, 6.45) is 8.02. The van der Waals surface area contributed by atoms with Crippen LogP contribution in [0.15, 0.2) is 30.5 Å². The summed E-state index contributed by atoms with van der Waals surface area (Å²) in [4.78, 5) is 15.5. The summed E-state index contributed by atoms with van der Waals surface area (Å²) in [5.74, 6) is 0.361. The lowest BCUT2D eigenvalue weighted by atomic mass is 10.2. The molecule has 2 rings (SSSR count). The largest absolute Gasteiger partial charge is 0.493 e. The number of thiazole rings is 1. The van der Waals surface area contributed by atoms with Gasteiger partial charge < -0.3 is 14.6 Å². The van der Waals surface area contributed by atoms with Crippen molar-refractivity contribution in [3.63, 3.8) is 0 Å². The highest BCUT2D eigenvalue weighted by atomic mass is 32.1. The average Bonchev–Trinajstić information content (AvgIpc) is 2.98. The number of nitrogens with zero attached hydrogens (tertiary/aromatic N) is 1. The quantitative estimate of drug-likeness (QED) is 0.827. The third kappa shape index (κ3) is 4.20. The number of aromatic nitrogens is 1. The van der Waals surface area contributed by atoms with Crippen LogP contribution >= 0.6 is 11.3 Å². The van der Waals surface area contributed by atoms with E-state index in [2.05, 4.69) is 4.98 Å². The van der Waals surface area contributed by atoms with Crippen molar-refractivity contribution in [2.45, 2.75) is 0 Å². The van der Waals surface area contributed by atoms with Gasteiger partial charge in [0, 0.05) is 17.2 Å². The van der Waals surface area contributed by atoms with Crippen LogP contribution in [0.4, 0.5) is 0 Å². The Kier molecular flexibility index (Phi) is 5.32. The molecule has 0 amide bonds. The number of rotatable bonds is 6. The van der Waals surface area contributed by atoms with Crippen molar-refractivity contribution in [1.82, 2.24) is 4.98 Å². The number of carboxylic acids is 1. The van der Waals surface area contributed by atoms with E-state index in [-0.39, 0.29) is 0 Å². The second-order valence-corrected chi connectivity index (χ2v) is 5.31. The molecule has 0 fully saturated rings. The van der Waals surface area contributed by atoms with Crippen molar-refractivity contribution in [2.24, 2.45) is 0 Å². The van der Waals surface area contributed by atoms with E-state index in [1.54, 1.807) is 20.4 Å². The number of ether oxygens (including phenoxy) is 2. The van der Waals surface area contributed by atoms with Crippen LogP contribution in [0.1, 0.15) is 15.4 Å². The molecule has 1 aromatic carbocycles. The van der Waals surface area contributed by atoms with Crippen LogP contribution in [0.3, 0.4) is 0 Å². The third-order valence-electron chi connectivity index (χ3n) is 2.76. The molecule has 0 aliphatic rings. The molecule has 5 nitrogen and oxygen atoms in total. The first kappa shape index (κ1) is 15.8. The predicted octanol–water partition coefficient (Wildman–Crippen LogP) is 3.43. The van der Waals surface area contributed by atoms with E-state index in [9.17, 15) is 4.79 Å². The van der Waals surface area contributed by atoms with Gasteiger partial charge in [-0.2, -0.15) is 0 Å². The molecule has 0 aliphatic heterocycles. The molecule has 0 saturated heterocycles. The summed E-state index contributed by atoms with van der Waals surface area (Å²) in [5, 5.41) is 9.38. The Labute approximate surface area is 132 Å². The van der Waals surface area contributed by atoms with Gasteiger partial charge in [0.15, 0.2) is 11.5 Å². The van der Waals surface area contributed by atoms with Gasteiger partial charge in [0.05, 0.1) is 14.2 Å². The van der Waals surface area contributed by atoms with Gasteiger partial charge in [-0.05, 0) is 29.8 Å². The van der Waals surface area contributed by atoms with Crippen LogP contribution in [0.25, 0.3) is 18.2 Å². The fourth-order valence-corrected chi connectivity index (χ4v) is 2.46. The summed E-state index contributed by atoms with van der Waals surface area (Å²) >= 11 is 1.41. The van der Waals surface area contributed by atoms with Gasteiger partial charge in [0.1, 0.15) is 5.01 Å². The predicted molar refractivity (Wildman–Crippen MR) is 87.3 cm³/mol. The zero-order valence-corrected chi connectivity index (χ0v) is 13.0. The number of hydrogen-bond acceptors (Lipinski definition) is 5. The zero-order valence-electron chi connectivity index (χ0n) is 12.1. The van der Waals surface area contributed by atoms with Crippen molar-refractivity contribution >= 4 is 35.5 Å². The van der Waals surface area contributed by atoms with Gasteiger partial charge in [0.2, 0.25) is 0 Å².